The first-order valence-corrected chi connectivity index (χ1v) is 14.7. The van der Waals surface area contributed by atoms with Crippen molar-refractivity contribution < 1.29 is 13.2 Å². The van der Waals surface area contributed by atoms with Crippen LogP contribution in [-0.2, 0) is 27.6 Å². The number of carbonyl (C=O) groups is 1. The van der Waals surface area contributed by atoms with E-state index in [4.69, 9.17) is 17.2 Å². The van der Waals surface area contributed by atoms with Crippen molar-refractivity contribution >= 4 is 61.6 Å². The van der Waals surface area contributed by atoms with Crippen LogP contribution in [0.15, 0.2) is 58.4 Å². The topological polar surface area (TPSA) is 92.1 Å². The van der Waals surface area contributed by atoms with Crippen molar-refractivity contribution in [3.63, 3.8) is 0 Å². The number of rotatable bonds is 3. The minimum atomic E-state index is -3.19. The number of pyridine rings is 1. The van der Waals surface area contributed by atoms with E-state index in [9.17, 15) is 18.0 Å². The lowest BCUT2D eigenvalue weighted by molar-refractivity contribution is -0.123. The SMILES string of the molecule is O=C1/C(=C/c2c(N3CCc4ccccc4C3)nc3ccccn3c2=O)SC(=S)N1[C@@H]1CCS(=O)(=O)C1. The Morgan fingerprint density at radius 3 is 2.64 bits per heavy atom. The molecule has 36 heavy (non-hydrogen) atoms. The Hall–Kier alpha value is -3.02. The predicted octanol–water partition coefficient (Wildman–Crippen LogP) is 2.65. The summed E-state index contributed by atoms with van der Waals surface area (Å²) in [6.07, 6.45) is 4.42. The van der Waals surface area contributed by atoms with Crippen molar-refractivity contribution in [2.24, 2.45) is 0 Å². The largest absolute Gasteiger partial charge is 0.351 e. The number of aromatic nitrogens is 2. The molecule has 3 aromatic rings. The molecule has 2 saturated heterocycles. The highest BCUT2D eigenvalue weighted by molar-refractivity contribution is 8.26. The van der Waals surface area contributed by atoms with Crippen LogP contribution in [0.1, 0.15) is 23.1 Å². The van der Waals surface area contributed by atoms with Crippen LogP contribution in [0.4, 0.5) is 5.82 Å². The molecule has 2 fully saturated rings. The van der Waals surface area contributed by atoms with Gasteiger partial charge in [0.1, 0.15) is 15.8 Å². The number of anilines is 1. The molecule has 11 heteroatoms. The van der Waals surface area contributed by atoms with E-state index in [1.165, 1.54) is 20.4 Å². The van der Waals surface area contributed by atoms with Gasteiger partial charge in [0.05, 0.1) is 28.0 Å². The molecule has 1 amide bonds. The highest BCUT2D eigenvalue weighted by Crippen LogP contribution is 2.37. The van der Waals surface area contributed by atoms with Gasteiger partial charge in [-0.15, -0.1) is 0 Å². The second-order valence-corrected chi connectivity index (χ2v) is 13.0. The molecule has 0 radical (unpaired) electrons. The number of hydrogen-bond acceptors (Lipinski definition) is 8. The molecule has 3 aliphatic rings. The zero-order chi connectivity index (χ0) is 25.0. The standard InChI is InChI=1S/C25H22N4O4S3/c30-23-19(13-20-24(31)29(25(34)35-20)18-9-12-36(32,33)15-18)22(26-21-7-3-4-10-28(21)23)27-11-8-16-5-1-2-6-17(16)14-27/h1-7,10,13,18H,8-9,11-12,14-15H2/b20-13-/t18-/m1/s1. The van der Waals surface area contributed by atoms with E-state index in [0.717, 1.165) is 18.2 Å². The summed E-state index contributed by atoms with van der Waals surface area (Å²) in [5, 5.41) is 0. The number of sulfone groups is 1. The minimum Gasteiger partial charge on any atom is -0.351 e. The Labute approximate surface area is 217 Å². The van der Waals surface area contributed by atoms with Crippen LogP contribution < -0.4 is 10.5 Å². The molecular formula is C25H22N4O4S3. The third kappa shape index (κ3) is 4.04. The Kier molecular flexibility index (Phi) is 5.73. The second-order valence-electron chi connectivity index (χ2n) is 9.13. The molecule has 0 aliphatic carbocycles. The fourth-order valence-corrected chi connectivity index (χ4v) is 8.12. The van der Waals surface area contributed by atoms with Gasteiger partial charge in [-0.05, 0) is 42.2 Å². The van der Waals surface area contributed by atoms with Crippen molar-refractivity contribution in [1.29, 1.82) is 0 Å². The van der Waals surface area contributed by atoms with Crippen molar-refractivity contribution in [2.45, 2.75) is 25.4 Å². The lowest BCUT2D eigenvalue weighted by atomic mass is 9.99. The van der Waals surface area contributed by atoms with E-state index in [-0.39, 0.29) is 23.0 Å². The second kappa shape index (κ2) is 8.82. The Balaban J connectivity index is 1.43. The number of nitrogens with zero attached hydrogens (tertiary/aromatic N) is 4. The number of hydrogen-bond donors (Lipinski definition) is 0. The van der Waals surface area contributed by atoms with Crippen LogP contribution in [0.25, 0.3) is 11.7 Å². The zero-order valence-corrected chi connectivity index (χ0v) is 21.6. The summed E-state index contributed by atoms with van der Waals surface area (Å²) in [4.78, 5) is 35.6. The van der Waals surface area contributed by atoms with Gasteiger partial charge in [-0.3, -0.25) is 18.9 Å². The van der Waals surface area contributed by atoms with Crippen molar-refractivity contribution in [1.82, 2.24) is 14.3 Å². The lowest BCUT2D eigenvalue weighted by Gasteiger charge is -2.30. The quantitative estimate of drug-likeness (QED) is 0.371. The van der Waals surface area contributed by atoms with E-state index in [1.54, 1.807) is 24.4 Å². The maximum Gasteiger partial charge on any atom is 0.267 e. The van der Waals surface area contributed by atoms with Gasteiger partial charge in [-0.2, -0.15) is 0 Å². The molecule has 184 valence electrons. The monoisotopic (exact) mass is 538 g/mol. The number of amides is 1. The molecular weight excluding hydrogens is 517 g/mol. The number of benzene rings is 1. The van der Waals surface area contributed by atoms with E-state index in [1.807, 2.05) is 18.2 Å². The van der Waals surface area contributed by atoms with E-state index in [2.05, 4.69) is 17.0 Å². The summed E-state index contributed by atoms with van der Waals surface area (Å²) >= 11 is 6.56. The van der Waals surface area contributed by atoms with Crippen molar-refractivity contribution in [2.75, 3.05) is 23.0 Å². The van der Waals surface area contributed by atoms with Gasteiger partial charge in [-0.25, -0.2) is 13.4 Å². The van der Waals surface area contributed by atoms with Crippen LogP contribution in [0.2, 0.25) is 0 Å². The summed E-state index contributed by atoms with van der Waals surface area (Å²) in [5.74, 6) is 0.115. The first-order valence-electron chi connectivity index (χ1n) is 11.6. The first-order chi connectivity index (χ1) is 17.3. The minimum absolute atomic E-state index is 0.0459. The normalized spacial score (nSPS) is 22.6. The van der Waals surface area contributed by atoms with Gasteiger partial charge < -0.3 is 4.90 Å². The first kappa shape index (κ1) is 23.4. The number of thioether (sulfide) groups is 1. The Bertz CT molecular complexity index is 1630. The van der Waals surface area contributed by atoms with Crippen molar-refractivity contribution in [3.8, 4) is 0 Å². The molecule has 1 aromatic carbocycles. The summed E-state index contributed by atoms with van der Waals surface area (Å²) in [7, 11) is -3.19. The van der Waals surface area contributed by atoms with Gasteiger partial charge in [0.2, 0.25) is 0 Å². The van der Waals surface area contributed by atoms with Gasteiger partial charge in [0.25, 0.3) is 11.5 Å². The lowest BCUT2D eigenvalue weighted by Crippen LogP contribution is -2.39. The summed E-state index contributed by atoms with van der Waals surface area (Å²) in [6, 6.07) is 13.1. The highest BCUT2D eigenvalue weighted by Gasteiger charge is 2.42. The molecule has 0 saturated carbocycles. The average Bonchev–Trinajstić information content (AvgIpc) is 3.37. The van der Waals surface area contributed by atoms with Crippen LogP contribution in [0.5, 0.6) is 0 Å². The Morgan fingerprint density at radius 2 is 1.86 bits per heavy atom. The molecule has 2 aromatic heterocycles. The van der Waals surface area contributed by atoms with Crippen molar-refractivity contribution in [3.05, 3.63) is 80.6 Å². The van der Waals surface area contributed by atoms with Gasteiger partial charge in [0.15, 0.2) is 9.84 Å². The van der Waals surface area contributed by atoms with Gasteiger partial charge >= 0.3 is 0 Å². The fraction of sp³-hybridized carbons (Fsp3) is 0.280. The van der Waals surface area contributed by atoms with Crippen LogP contribution in [0.3, 0.4) is 0 Å². The fourth-order valence-electron chi connectivity index (χ4n) is 5.04. The smallest absolute Gasteiger partial charge is 0.267 e. The molecule has 0 unspecified atom stereocenters. The zero-order valence-electron chi connectivity index (χ0n) is 19.2. The summed E-state index contributed by atoms with van der Waals surface area (Å²) in [5.41, 5.74) is 3.02. The van der Waals surface area contributed by atoms with E-state index < -0.39 is 15.9 Å². The number of thiocarbonyl (C=S) groups is 1. The molecule has 0 spiro atoms. The number of fused-ring (bicyclic) bond motifs is 2. The van der Waals surface area contributed by atoms with Crippen LogP contribution in [-0.4, -0.2) is 57.0 Å². The third-order valence-electron chi connectivity index (χ3n) is 6.85. The van der Waals surface area contributed by atoms with Gasteiger partial charge in [0, 0.05) is 19.3 Å². The molecule has 3 aliphatic heterocycles. The summed E-state index contributed by atoms with van der Waals surface area (Å²) < 4.78 is 25.8. The van der Waals surface area contributed by atoms with Gasteiger partial charge in [-0.1, -0.05) is 54.3 Å². The summed E-state index contributed by atoms with van der Waals surface area (Å²) in [6.45, 7) is 1.29. The molecule has 0 N–H and O–H groups in total. The molecule has 8 nitrogen and oxygen atoms in total. The maximum atomic E-state index is 13.6. The van der Waals surface area contributed by atoms with Crippen LogP contribution >= 0.6 is 24.0 Å². The molecule has 6 rings (SSSR count). The predicted molar refractivity (Wildman–Crippen MR) is 145 cm³/mol. The van der Waals surface area contributed by atoms with E-state index >= 15 is 0 Å². The third-order valence-corrected chi connectivity index (χ3v) is 9.93. The Morgan fingerprint density at radius 1 is 1.08 bits per heavy atom. The molecule has 5 heterocycles. The molecule has 0 bridgehead atoms. The molecule has 1 atom stereocenters. The highest BCUT2D eigenvalue weighted by atomic mass is 32.2. The number of carbonyl (C=O) groups excluding carboxylic acids is 1. The van der Waals surface area contributed by atoms with E-state index in [0.29, 0.717) is 45.8 Å². The average molecular weight is 539 g/mol. The maximum absolute atomic E-state index is 13.6. The van der Waals surface area contributed by atoms with Crippen LogP contribution in [0, 0.1) is 0 Å².